The molecule has 0 aliphatic carbocycles. The number of ether oxygens (including phenoxy) is 1. The third-order valence-electron chi connectivity index (χ3n) is 5.28. The molecule has 11 heteroatoms. The second kappa shape index (κ2) is 9.80. The van der Waals surface area contributed by atoms with Crippen molar-refractivity contribution in [1.29, 1.82) is 0 Å². The highest BCUT2D eigenvalue weighted by atomic mass is 32.2. The number of sulfonamides is 2. The number of rotatable bonds is 8. The molecular formula is C22H29N3O6S2. The molecule has 2 N–H and O–H groups in total. The molecular weight excluding hydrogens is 466 g/mol. The first-order valence-corrected chi connectivity index (χ1v) is 13.5. The van der Waals surface area contributed by atoms with Crippen LogP contribution in [0.3, 0.4) is 0 Å². The molecule has 0 spiro atoms. The minimum Gasteiger partial charge on any atom is -0.495 e. The maximum atomic E-state index is 13.1. The molecule has 1 amide bonds. The first kappa shape index (κ1) is 25.2. The Labute approximate surface area is 195 Å². The van der Waals surface area contributed by atoms with Crippen LogP contribution in [-0.2, 0) is 20.0 Å². The first-order chi connectivity index (χ1) is 15.5. The number of carbonyl (C=O) groups excluding carboxylic acids is 1. The Morgan fingerprint density at radius 3 is 2.24 bits per heavy atom. The molecule has 1 fully saturated rings. The van der Waals surface area contributed by atoms with E-state index in [1.165, 1.54) is 41.7 Å². The SMILES string of the molecule is COc1ccc(S(=O)(=O)NC(C)C)cc1NC(=O)c1cc(S(=O)(=O)N2CCCC2)ccc1C. The third-order valence-corrected chi connectivity index (χ3v) is 8.83. The molecule has 3 rings (SSSR count). The molecule has 0 aromatic heterocycles. The van der Waals surface area contributed by atoms with Gasteiger partial charge in [-0.25, -0.2) is 21.6 Å². The van der Waals surface area contributed by atoms with Gasteiger partial charge in [-0.1, -0.05) is 6.07 Å². The van der Waals surface area contributed by atoms with Crippen LogP contribution in [0.25, 0.3) is 0 Å². The normalized spacial score (nSPS) is 15.1. The van der Waals surface area contributed by atoms with Gasteiger partial charge >= 0.3 is 0 Å². The van der Waals surface area contributed by atoms with Crippen LogP contribution >= 0.6 is 0 Å². The highest BCUT2D eigenvalue weighted by molar-refractivity contribution is 7.89. The Bertz CT molecular complexity index is 1250. The van der Waals surface area contributed by atoms with Crippen molar-refractivity contribution in [1.82, 2.24) is 9.03 Å². The van der Waals surface area contributed by atoms with E-state index in [9.17, 15) is 21.6 Å². The van der Waals surface area contributed by atoms with Gasteiger partial charge in [0.1, 0.15) is 5.75 Å². The first-order valence-electron chi connectivity index (χ1n) is 10.6. The van der Waals surface area contributed by atoms with Crippen molar-refractivity contribution >= 4 is 31.6 Å². The summed E-state index contributed by atoms with van der Waals surface area (Å²) in [4.78, 5) is 13.1. The van der Waals surface area contributed by atoms with Crippen molar-refractivity contribution in [2.24, 2.45) is 0 Å². The molecule has 1 aliphatic rings. The summed E-state index contributed by atoms with van der Waals surface area (Å²) in [5, 5.41) is 2.67. The number of hydrogen-bond donors (Lipinski definition) is 2. The smallest absolute Gasteiger partial charge is 0.256 e. The van der Waals surface area contributed by atoms with E-state index in [-0.39, 0.29) is 32.8 Å². The molecule has 0 unspecified atom stereocenters. The van der Waals surface area contributed by atoms with Crippen molar-refractivity contribution in [2.45, 2.75) is 49.4 Å². The minimum absolute atomic E-state index is 0.0330. The van der Waals surface area contributed by atoms with Crippen LogP contribution in [0.5, 0.6) is 5.75 Å². The van der Waals surface area contributed by atoms with Crippen molar-refractivity contribution in [3.05, 3.63) is 47.5 Å². The van der Waals surface area contributed by atoms with Crippen LogP contribution in [0, 0.1) is 6.92 Å². The van der Waals surface area contributed by atoms with E-state index in [4.69, 9.17) is 4.74 Å². The minimum atomic E-state index is -3.79. The predicted octanol–water partition coefficient (Wildman–Crippen LogP) is 2.73. The lowest BCUT2D eigenvalue weighted by Crippen LogP contribution is -2.30. The van der Waals surface area contributed by atoms with Gasteiger partial charge < -0.3 is 10.1 Å². The Hall–Kier alpha value is -2.47. The number of carbonyl (C=O) groups is 1. The molecule has 1 saturated heterocycles. The van der Waals surface area contributed by atoms with Crippen LogP contribution in [-0.4, -0.2) is 53.3 Å². The fourth-order valence-electron chi connectivity index (χ4n) is 3.60. The van der Waals surface area contributed by atoms with E-state index in [1.54, 1.807) is 26.8 Å². The van der Waals surface area contributed by atoms with Crippen LogP contribution in [0.1, 0.15) is 42.6 Å². The summed E-state index contributed by atoms with van der Waals surface area (Å²) in [6, 6.07) is 8.26. The van der Waals surface area contributed by atoms with E-state index in [1.807, 2.05) is 0 Å². The number of methoxy groups -OCH3 is 1. The van der Waals surface area contributed by atoms with Gasteiger partial charge in [-0.3, -0.25) is 4.79 Å². The van der Waals surface area contributed by atoms with Gasteiger partial charge in [0, 0.05) is 24.7 Å². The highest BCUT2D eigenvalue weighted by Crippen LogP contribution is 2.29. The molecule has 0 radical (unpaired) electrons. The average molecular weight is 496 g/mol. The molecule has 2 aromatic rings. The molecule has 1 heterocycles. The van der Waals surface area contributed by atoms with E-state index < -0.39 is 26.0 Å². The van der Waals surface area contributed by atoms with E-state index in [0.717, 1.165) is 12.8 Å². The van der Waals surface area contributed by atoms with Gasteiger partial charge in [-0.15, -0.1) is 0 Å². The van der Waals surface area contributed by atoms with Gasteiger partial charge in [0.15, 0.2) is 0 Å². The Balaban J connectivity index is 1.95. The Morgan fingerprint density at radius 1 is 1.00 bits per heavy atom. The second-order valence-corrected chi connectivity index (χ2v) is 11.8. The van der Waals surface area contributed by atoms with Crippen molar-refractivity contribution in [2.75, 3.05) is 25.5 Å². The lowest BCUT2D eigenvalue weighted by molar-refractivity contribution is 0.102. The van der Waals surface area contributed by atoms with E-state index >= 15 is 0 Å². The lowest BCUT2D eigenvalue weighted by atomic mass is 10.1. The molecule has 2 aromatic carbocycles. The largest absolute Gasteiger partial charge is 0.495 e. The summed E-state index contributed by atoms with van der Waals surface area (Å²) < 4.78 is 60.1. The predicted molar refractivity (Wildman–Crippen MR) is 126 cm³/mol. The second-order valence-electron chi connectivity index (χ2n) is 8.18. The fraction of sp³-hybridized carbons (Fsp3) is 0.409. The van der Waals surface area contributed by atoms with Gasteiger partial charge in [0.05, 0.1) is 22.6 Å². The van der Waals surface area contributed by atoms with Crippen molar-refractivity contribution < 1.29 is 26.4 Å². The molecule has 1 aliphatic heterocycles. The fourth-order valence-corrected chi connectivity index (χ4v) is 6.42. The van der Waals surface area contributed by atoms with Gasteiger partial charge in [0.2, 0.25) is 20.0 Å². The molecule has 0 atom stereocenters. The number of anilines is 1. The van der Waals surface area contributed by atoms with E-state index in [0.29, 0.717) is 18.7 Å². The maximum absolute atomic E-state index is 13.1. The number of nitrogens with zero attached hydrogens (tertiary/aromatic N) is 1. The summed E-state index contributed by atoms with van der Waals surface area (Å²) in [7, 11) is -6.08. The number of nitrogens with one attached hydrogen (secondary N) is 2. The summed E-state index contributed by atoms with van der Waals surface area (Å²) in [5.41, 5.74) is 0.907. The number of amides is 1. The molecule has 33 heavy (non-hydrogen) atoms. The van der Waals surface area contributed by atoms with Crippen LogP contribution in [0.2, 0.25) is 0 Å². The maximum Gasteiger partial charge on any atom is 0.256 e. The monoisotopic (exact) mass is 495 g/mol. The van der Waals surface area contributed by atoms with Gasteiger partial charge in [0.25, 0.3) is 5.91 Å². The standard InChI is InChI=1S/C22H29N3O6S2/c1-15(2)24-32(27,28)17-9-10-21(31-4)20(14-17)23-22(26)19-13-18(8-7-16(19)3)33(29,30)25-11-5-6-12-25/h7-10,13-15,24H,5-6,11-12H2,1-4H3,(H,23,26). The van der Waals surface area contributed by atoms with Gasteiger partial charge in [-0.05, 0) is 69.5 Å². The van der Waals surface area contributed by atoms with E-state index in [2.05, 4.69) is 10.0 Å². The highest BCUT2D eigenvalue weighted by Gasteiger charge is 2.28. The average Bonchev–Trinajstić information content (AvgIpc) is 3.28. The number of aryl methyl sites for hydroxylation is 1. The summed E-state index contributed by atoms with van der Waals surface area (Å²) >= 11 is 0. The molecule has 0 bridgehead atoms. The topological polar surface area (TPSA) is 122 Å². The van der Waals surface area contributed by atoms with Crippen LogP contribution in [0.15, 0.2) is 46.2 Å². The summed E-state index contributed by atoms with van der Waals surface area (Å²) in [6.07, 6.45) is 1.62. The third kappa shape index (κ3) is 5.55. The van der Waals surface area contributed by atoms with Gasteiger partial charge in [-0.2, -0.15) is 4.31 Å². The zero-order valence-corrected chi connectivity index (χ0v) is 20.7. The molecule has 9 nitrogen and oxygen atoms in total. The Kier molecular flexibility index (Phi) is 7.47. The van der Waals surface area contributed by atoms with Crippen molar-refractivity contribution in [3.8, 4) is 5.75 Å². The summed E-state index contributed by atoms with van der Waals surface area (Å²) in [5.74, 6) is -0.305. The van der Waals surface area contributed by atoms with Crippen molar-refractivity contribution in [3.63, 3.8) is 0 Å². The molecule has 180 valence electrons. The number of benzene rings is 2. The zero-order chi connectivity index (χ0) is 24.4. The quantitative estimate of drug-likeness (QED) is 0.581. The zero-order valence-electron chi connectivity index (χ0n) is 19.1. The number of hydrogen-bond acceptors (Lipinski definition) is 6. The Morgan fingerprint density at radius 2 is 1.64 bits per heavy atom. The lowest BCUT2D eigenvalue weighted by Gasteiger charge is -2.17. The molecule has 0 saturated carbocycles. The van der Waals surface area contributed by atoms with Crippen LogP contribution < -0.4 is 14.8 Å². The summed E-state index contributed by atoms with van der Waals surface area (Å²) in [6.45, 7) is 6.03. The van der Waals surface area contributed by atoms with Crippen LogP contribution in [0.4, 0.5) is 5.69 Å².